The van der Waals surface area contributed by atoms with E-state index in [4.69, 9.17) is 9.84 Å². The Kier molecular flexibility index (Phi) is 2.42. The molecule has 0 radical (unpaired) electrons. The Morgan fingerprint density at radius 2 is 2.46 bits per heavy atom. The van der Waals surface area contributed by atoms with Crippen LogP contribution in [0.4, 0.5) is 5.69 Å². The molecule has 0 saturated heterocycles. The Bertz CT molecular complexity index is 316. The van der Waals surface area contributed by atoms with E-state index in [-0.39, 0.29) is 12.7 Å². The SMILES string of the molecule is OC[C@H]1CNc2cc(Br)ccc2O1. The zero-order valence-electron chi connectivity index (χ0n) is 6.96. The van der Waals surface area contributed by atoms with E-state index in [9.17, 15) is 0 Å². The number of benzene rings is 1. The summed E-state index contributed by atoms with van der Waals surface area (Å²) in [6.45, 7) is 0.697. The Morgan fingerprint density at radius 3 is 3.23 bits per heavy atom. The number of aliphatic hydroxyl groups excluding tert-OH is 1. The molecule has 1 aromatic carbocycles. The molecule has 0 saturated carbocycles. The quantitative estimate of drug-likeness (QED) is 0.788. The minimum atomic E-state index is -0.131. The highest BCUT2D eigenvalue weighted by atomic mass is 79.9. The van der Waals surface area contributed by atoms with Gasteiger partial charge in [-0.15, -0.1) is 0 Å². The fourth-order valence-electron chi connectivity index (χ4n) is 1.29. The lowest BCUT2D eigenvalue weighted by atomic mass is 10.2. The monoisotopic (exact) mass is 243 g/mol. The minimum Gasteiger partial charge on any atom is -0.484 e. The summed E-state index contributed by atoms with van der Waals surface area (Å²) in [5.41, 5.74) is 0.971. The van der Waals surface area contributed by atoms with Crippen molar-refractivity contribution in [1.82, 2.24) is 0 Å². The van der Waals surface area contributed by atoms with Gasteiger partial charge in [-0.2, -0.15) is 0 Å². The van der Waals surface area contributed by atoms with Crippen molar-refractivity contribution >= 4 is 21.6 Å². The van der Waals surface area contributed by atoms with Crippen LogP contribution in [-0.4, -0.2) is 24.4 Å². The van der Waals surface area contributed by atoms with Gasteiger partial charge in [-0.3, -0.25) is 0 Å². The molecule has 1 aliphatic heterocycles. The summed E-state index contributed by atoms with van der Waals surface area (Å²) >= 11 is 3.38. The fraction of sp³-hybridized carbons (Fsp3) is 0.333. The molecule has 0 fully saturated rings. The van der Waals surface area contributed by atoms with E-state index >= 15 is 0 Å². The van der Waals surface area contributed by atoms with Crippen molar-refractivity contribution in [3.05, 3.63) is 22.7 Å². The molecule has 0 spiro atoms. The van der Waals surface area contributed by atoms with Crippen molar-refractivity contribution in [2.45, 2.75) is 6.10 Å². The lowest BCUT2D eigenvalue weighted by Crippen LogP contribution is -2.33. The summed E-state index contributed by atoms with van der Waals surface area (Å²) in [4.78, 5) is 0. The van der Waals surface area contributed by atoms with Crippen LogP contribution < -0.4 is 10.1 Å². The fourth-order valence-corrected chi connectivity index (χ4v) is 1.65. The number of fused-ring (bicyclic) bond motifs is 1. The highest BCUT2D eigenvalue weighted by Crippen LogP contribution is 2.31. The van der Waals surface area contributed by atoms with E-state index < -0.39 is 0 Å². The van der Waals surface area contributed by atoms with Crippen LogP contribution in [0.1, 0.15) is 0 Å². The number of halogens is 1. The second-order valence-corrected chi connectivity index (χ2v) is 3.86. The van der Waals surface area contributed by atoms with Gasteiger partial charge in [0.25, 0.3) is 0 Å². The summed E-state index contributed by atoms with van der Waals surface area (Å²) in [5.74, 6) is 0.800. The molecule has 1 heterocycles. The first kappa shape index (κ1) is 8.84. The maximum absolute atomic E-state index is 8.90. The van der Waals surface area contributed by atoms with E-state index in [1.165, 1.54) is 0 Å². The van der Waals surface area contributed by atoms with Crippen LogP contribution in [0.15, 0.2) is 22.7 Å². The van der Waals surface area contributed by atoms with Crippen molar-refractivity contribution in [2.24, 2.45) is 0 Å². The smallest absolute Gasteiger partial charge is 0.143 e. The van der Waals surface area contributed by atoms with Crippen molar-refractivity contribution in [3.8, 4) is 5.75 Å². The van der Waals surface area contributed by atoms with Gasteiger partial charge >= 0.3 is 0 Å². The van der Waals surface area contributed by atoms with Gasteiger partial charge < -0.3 is 15.2 Å². The van der Waals surface area contributed by atoms with Crippen LogP contribution in [0.5, 0.6) is 5.75 Å². The molecule has 2 N–H and O–H groups in total. The van der Waals surface area contributed by atoms with Crippen molar-refractivity contribution < 1.29 is 9.84 Å². The molecule has 3 nitrogen and oxygen atoms in total. The first-order chi connectivity index (χ1) is 6.29. The molecule has 0 aliphatic carbocycles. The van der Waals surface area contributed by atoms with E-state index in [1.807, 2.05) is 18.2 Å². The second kappa shape index (κ2) is 3.55. The van der Waals surface area contributed by atoms with E-state index in [1.54, 1.807) is 0 Å². The Morgan fingerprint density at radius 1 is 1.62 bits per heavy atom. The molecule has 0 bridgehead atoms. The normalized spacial score (nSPS) is 20.0. The first-order valence-corrected chi connectivity index (χ1v) is 4.90. The van der Waals surface area contributed by atoms with Crippen LogP contribution in [0.25, 0.3) is 0 Å². The lowest BCUT2D eigenvalue weighted by Gasteiger charge is -2.26. The van der Waals surface area contributed by atoms with Crippen LogP contribution in [-0.2, 0) is 0 Å². The summed E-state index contributed by atoms with van der Waals surface area (Å²) in [5, 5.41) is 12.1. The molecular weight excluding hydrogens is 234 g/mol. The van der Waals surface area contributed by atoms with Gasteiger partial charge in [0.1, 0.15) is 11.9 Å². The third-order valence-corrected chi connectivity index (χ3v) is 2.45. The predicted molar refractivity (Wildman–Crippen MR) is 54.1 cm³/mol. The molecule has 2 rings (SSSR count). The van der Waals surface area contributed by atoms with Crippen LogP contribution in [0.2, 0.25) is 0 Å². The van der Waals surface area contributed by atoms with E-state index in [2.05, 4.69) is 21.2 Å². The molecule has 1 aliphatic rings. The van der Waals surface area contributed by atoms with E-state index in [0.717, 1.165) is 15.9 Å². The lowest BCUT2D eigenvalue weighted by molar-refractivity contribution is 0.120. The molecule has 4 heteroatoms. The molecule has 0 amide bonds. The highest BCUT2D eigenvalue weighted by Gasteiger charge is 2.17. The van der Waals surface area contributed by atoms with Crippen LogP contribution in [0, 0.1) is 0 Å². The Labute approximate surface area is 84.8 Å². The van der Waals surface area contributed by atoms with Crippen molar-refractivity contribution in [3.63, 3.8) is 0 Å². The number of hydrogen-bond donors (Lipinski definition) is 2. The largest absolute Gasteiger partial charge is 0.484 e. The highest BCUT2D eigenvalue weighted by molar-refractivity contribution is 9.10. The van der Waals surface area contributed by atoms with Gasteiger partial charge in [0.05, 0.1) is 18.8 Å². The molecule has 0 unspecified atom stereocenters. The van der Waals surface area contributed by atoms with Crippen LogP contribution in [0.3, 0.4) is 0 Å². The van der Waals surface area contributed by atoms with Gasteiger partial charge in [-0.25, -0.2) is 0 Å². The molecule has 1 aromatic rings. The number of ether oxygens (including phenoxy) is 1. The average molecular weight is 244 g/mol. The number of nitrogens with one attached hydrogen (secondary N) is 1. The number of anilines is 1. The molecule has 70 valence electrons. The topological polar surface area (TPSA) is 41.5 Å². The summed E-state index contributed by atoms with van der Waals surface area (Å²) in [6.07, 6.45) is -0.131. The van der Waals surface area contributed by atoms with Gasteiger partial charge in [-0.1, -0.05) is 15.9 Å². The van der Waals surface area contributed by atoms with Gasteiger partial charge in [0.2, 0.25) is 0 Å². The maximum atomic E-state index is 8.90. The van der Waals surface area contributed by atoms with Gasteiger partial charge in [0, 0.05) is 4.47 Å². The maximum Gasteiger partial charge on any atom is 0.143 e. The first-order valence-electron chi connectivity index (χ1n) is 4.10. The molecule has 0 aromatic heterocycles. The van der Waals surface area contributed by atoms with Crippen LogP contribution >= 0.6 is 15.9 Å². The predicted octanol–water partition coefficient (Wildman–Crippen LogP) is 1.61. The summed E-state index contributed by atoms with van der Waals surface area (Å²) in [7, 11) is 0. The second-order valence-electron chi connectivity index (χ2n) is 2.94. The average Bonchev–Trinajstić information content (AvgIpc) is 2.17. The molecule has 1 atom stereocenters. The standard InChI is InChI=1S/C9H10BrNO2/c10-6-1-2-9-8(3-6)11-4-7(5-12)13-9/h1-3,7,11-12H,4-5H2/t7-/m1/s1. The Hall–Kier alpha value is -0.740. The number of rotatable bonds is 1. The number of aliphatic hydroxyl groups is 1. The molecular formula is C9H10BrNO2. The Balaban J connectivity index is 2.26. The summed E-state index contributed by atoms with van der Waals surface area (Å²) in [6, 6.07) is 5.76. The third-order valence-electron chi connectivity index (χ3n) is 1.96. The van der Waals surface area contributed by atoms with Crippen molar-refractivity contribution in [1.29, 1.82) is 0 Å². The number of hydrogen-bond acceptors (Lipinski definition) is 3. The minimum absolute atomic E-state index is 0.0442. The van der Waals surface area contributed by atoms with E-state index in [0.29, 0.717) is 6.54 Å². The molecule has 13 heavy (non-hydrogen) atoms. The summed E-state index contributed by atoms with van der Waals surface area (Å²) < 4.78 is 6.52. The third kappa shape index (κ3) is 1.78. The van der Waals surface area contributed by atoms with Gasteiger partial charge in [-0.05, 0) is 18.2 Å². The zero-order valence-corrected chi connectivity index (χ0v) is 8.54. The van der Waals surface area contributed by atoms with Gasteiger partial charge in [0.15, 0.2) is 0 Å². The van der Waals surface area contributed by atoms with Crippen molar-refractivity contribution in [2.75, 3.05) is 18.5 Å². The zero-order chi connectivity index (χ0) is 9.26.